The van der Waals surface area contributed by atoms with E-state index >= 15 is 0 Å². The highest BCUT2D eigenvalue weighted by atomic mass is 79.9. The van der Waals surface area contributed by atoms with E-state index in [0.29, 0.717) is 5.89 Å². The molecular formula is C9H10BrN3O. The molecule has 0 radical (unpaired) electrons. The lowest BCUT2D eigenvalue weighted by Gasteiger charge is -1.80. The molecule has 0 saturated heterocycles. The van der Waals surface area contributed by atoms with Crippen molar-refractivity contribution in [1.29, 1.82) is 0 Å². The van der Waals surface area contributed by atoms with E-state index in [1.165, 1.54) is 6.39 Å². The summed E-state index contributed by atoms with van der Waals surface area (Å²) in [5, 5.41) is 8.03. The zero-order valence-electron chi connectivity index (χ0n) is 7.51. The molecule has 0 aliphatic carbocycles. The van der Waals surface area contributed by atoms with Gasteiger partial charge in [-0.1, -0.05) is 22.0 Å². The summed E-state index contributed by atoms with van der Waals surface area (Å²) in [7, 11) is 0. The molecule has 0 amide bonds. The van der Waals surface area contributed by atoms with Gasteiger partial charge in [-0.2, -0.15) is 0 Å². The van der Waals surface area contributed by atoms with E-state index in [2.05, 4.69) is 31.1 Å². The van der Waals surface area contributed by atoms with Crippen molar-refractivity contribution < 1.29 is 4.42 Å². The van der Waals surface area contributed by atoms with E-state index in [0.717, 1.165) is 11.8 Å². The van der Waals surface area contributed by atoms with E-state index in [-0.39, 0.29) is 0 Å². The van der Waals surface area contributed by atoms with Crippen molar-refractivity contribution in [3.63, 3.8) is 0 Å². The van der Waals surface area contributed by atoms with Crippen molar-refractivity contribution >= 4 is 15.9 Å². The van der Waals surface area contributed by atoms with Crippen LogP contribution in [0.3, 0.4) is 0 Å². The van der Waals surface area contributed by atoms with Gasteiger partial charge in [0.05, 0.1) is 0 Å². The number of pyridine rings is 1. The van der Waals surface area contributed by atoms with Gasteiger partial charge >= 0.3 is 0 Å². The molecule has 14 heavy (non-hydrogen) atoms. The first-order valence-corrected chi connectivity index (χ1v) is 5.21. The average molecular weight is 256 g/mol. The van der Waals surface area contributed by atoms with Crippen molar-refractivity contribution in [3.8, 4) is 0 Å². The first kappa shape index (κ1) is 10.8. The molecule has 0 aliphatic heterocycles. The van der Waals surface area contributed by atoms with E-state index in [4.69, 9.17) is 4.42 Å². The summed E-state index contributed by atoms with van der Waals surface area (Å²) in [6.45, 7) is 0. The van der Waals surface area contributed by atoms with Crippen molar-refractivity contribution in [1.82, 2.24) is 15.2 Å². The third-order valence-electron chi connectivity index (χ3n) is 1.28. The number of rotatable bonds is 2. The van der Waals surface area contributed by atoms with Crippen LogP contribution in [-0.2, 0) is 6.42 Å². The van der Waals surface area contributed by atoms with Gasteiger partial charge in [0.15, 0.2) is 0 Å². The van der Waals surface area contributed by atoms with Gasteiger partial charge in [0.25, 0.3) is 0 Å². The summed E-state index contributed by atoms with van der Waals surface area (Å²) in [4.78, 5) is 3.78. The highest BCUT2D eigenvalue weighted by molar-refractivity contribution is 9.09. The Morgan fingerprint density at radius 2 is 2.00 bits per heavy atom. The van der Waals surface area contributed by atoms with Crippen LogP contribution < -0.4 is 0 Å². The molecule has 2 rings (SSSR count). The second-order valence-corrected chi connectivity index (χ2v) is 3.09. The van der Waals surface area contributed by atoms with E-state index in [1.807, 2.05) is 18.2 Å². The Balaban J connectivity index is 0.000000146. The Morgan fingerprint density at radius 1 is 1.21 bits per heavy atom. The largest absolute Gasteiger partial charge is 0.428 e. The minimum Gasteiger partial charge on any atom is -0.428 e. The SMILES string of the molecule is BrCCc1nnco1.c1ccncc1. The van der Waals surface area contributed by atoms with Crippen LogP contribution in [0.2, 0.25) is 0 Å². The average Bonchev–Trinajstić information content (AvgIpc) is 2.75. The molecule has 2 aromatic rings. The Hall–Kier alpha value is -1.23. The molecule has 0 N–H and O–H groups in total. The first-order chi connectivity index (χ1) is 6.93. The summed E-state index contributed by atoms with van der Waals surface area (Å²) < 4.78 is 4.82. The van der Waals surface area contributed by atoms with Crippen LogP contribution in [0.1, 0.15) is 5.89 Å². The number of aryl methyl sites for hydroxylation is 1. The van der Waals surface area contributed by atoms with Gasteiger partial charge in [-0.05, 0) is 12.1 Å². The molecule has 0 atom stereocenters. The number of hydrogen-bond donors (Lipinski definition) is 0. The smallest absolute Gasteiger partial charge is 0.217 e. The second-order valence-electron chi connectivity index (χ2n) is 2.30. The molecule has 2 heterocycles. The number of aromatic nitrogens is 3. The van der Waals surface area contributed by atoms with Gasteiger partial charge in [0, 0.05) is 24.1 Å². The lowest BCUT2D eigenvalue weighted by atomic mass is 10.5. The van der Waals surface area contributed by atoms with Crippen LogP contribution in [0.5, 0.6) is 0 Å². The van der Waals surface area contributed by atoms with Crippen molar-refractivity contribution in [2.75, 3.05) is 5.33 Å². The standard InChI is InChI=1S/C5H5N.C4H5BrN2O/c1-2-4-6-5-3-1;5-2-1-4-7-6-3-8-4/h1-5H;3H,1-2H2. The number of alkyl halides is 1. The molecule has 0 spiro atoms. The first-order valence-electron chi connectivity index (χ1n) is 4.09. The molecule has 74 valence electrons. The minimum absolute atomic E-state index is 0.682. The molecule has 0 fully saturated rings. The third-order valence-corrected chi connectivity index (χ3v) is 1.68. The number of halogens is 1. The summed E-state index contributed by atoms with van der Waals surface area (Å²) >= 11 is 3.24. The fourth-order valence-corrected chi connectivity index (χ4v) is 1.04. The number of nitrogens with zero attached hydrogens (tertiary/aromatic N) is 3. The van der Waals surface area contributed by atoms with Crippen molar-refractivity contribution in [2.24, 2.45) is 0 Å². The van der Waals surface area contributed by atoms with Gasteiger partial charge in [-0.15, -0.1) is 10.2 Å². The summed E-state index contributed by atoms with van der Waals surface area (Å²) in [6.07, 6.45) is 5.64. The van der Waals surface area contributed by atoms with Crippen LogP contribution in [-0.4, -0.2) is 20.5 Å². The number of hydrogen-bond acceptors (Lipinski definition) is 4. The zero-order chi connectivity index (χ0) is 10.1. The van der Waals surface area contributed by atoms with Crippen LogP contribution >= 0.6 is 15.9 Å². The monoisotopic (exact) mass is 255 g/mol. The fraction of sp³-hybridized carbons (Fsp3) is 0.222. The van der Waals surface area contributed by atoms with E-state index in [9.17, 15) is 0 Å². The minimum atomic E-state index is 0.682. The molecule has 0 aliphatic rings. The summed E-state index contributed by atoms with van der Waals surface area (Å²) in [6, 6.07) is 5.72. The predicted molar refractivity (Wildman–Crippen MR) is 56.0 cm³/mol. The maximum Gasteiger partial charge on any atom is 0.217 e. The predicted octanol–water partition coefficient (Wildman–Crippen LogP) is 2.09. The quantitative estimate of drug-likeness (QED) is 0.772. The van der Waals surface area contributed by atoms with Gasteiger partial charge in [0.1, 0.15) is 0 Å². The Morgan fingerprint density at radius 3 is 2.36 bits per heavy atom. The van der Waals surface area contributed by atoms with Gasteiger partial charge in [0.2, 0.25) is 12.3 Å². The molecule has 0 unspecified atom stereocenters. The van der Waals surface area contributed by atoms with Crippen LogP contribution in [0, 0.1) is 0 Å². The summed E-state index contributed by atoms with van der Waals surface area (Å²) in [5.41, 5.74) is 0. The maximum absolute atomic E-state index is 4.82. The highest BCUT2D eigenvalue weighted by Crippen LogP contribution is 1.94. The molecule has 0 aromatic carbocycles. The Labute approximate surface area is 90.5 Å². The van der Waals surface area contributed by atoms with E-state index < -0.39 is 0 Å². The lowest BCUT2D eigenvalue weighted by Crippen LogP contribution is -1.83. The van der Waals surface area contributed by atoms with Gasteiger partial charge < -0.3 is 4.42 Å². The topological polar surface area (TPSA) is 51.8 Å². The van der Waals surface area contributed by atoms with Crippen molar-refractivity contribution in [3.05, 3.63) is 42.9 Å². The normalized spacial score (nSPS) is 8.93. The molecule has 5 heteroatoms. The fourth-order valence-electron chi connectivity index (χ4n) is 0.698. The second kappa shape index (κ2) is 7.20. The zero-order valence-corrected chi connectivity index (χ0v) is 9.09. The molecule has 0 bridgehead atoms. The summed E-state index contributed by atoms with van der Waals surface area (Å²) in [5.74, 6) is 0.682. The molecule has 4 nitrogen and oxygen atoms in total. The third kappa shape index (κ3) is 4.71. The van der Waals surface area contributed by atoms with E-state index in [1.54, 1.807) is 12.4 Å². The molecule has 2 aromatic heterocycles. The van der Waals surface area contributed by atoms with Crippen LogP contribution in [0.15, 0.2) is 41.4 Å². The molecular weight excluding hydrogens is 246 g/mol. The Kier molecular flexibility index (Phi) is 5.58. The Bertz CT molecular complexity index is 285. The highest BCUT2D eigenvalue weighted by Gasteiger charge is 1.93. The maximum atomic E-state index is 4.82. The van der Waals surface area contributed by atoms with Gasteiger partial charge in [-0.25, -0.2) is 0 Å². The molecule has 0 saturated carbocycles. The van der Waals surface area contributed by atoms with Crippen molar-refractivity contribution in [2.45, 2.75) is 6.42 Å². The van der Waals surface area contributed by atoms with Gasteiger partial charge in [-0.3, -0.25) is 4.98 Å². The lowest BCUT2D eigenvalue weighted by molar-refractivity contribution is 0.501. The van der Waals surface area contributed by atoms with Crippen LogP contribution in [0.25, 0.3) is 0 Å². The van der Waals surface area contributed by atoms with Crippen LogP contribution in [0.4, 0.5) is 0 Å².